The van der Waals surface area contributed by atoms with E-state index in [9.17, 15) is 22.8 Å². The van der Waals surface area contributed by atoms with Gasteiger partial charge in [0, 0.05) is 31.8 Å². The van der Waals surface area contributed by atoms with E-state index in [2.05, 4.69) is 10.3 Å². The first-order valence-electron chi connectivity index (χ1n) is 7.38. The van der Waals surface area contributed by atoms with Crippen molar-refractivity contribution >= 4 is 28.8 Å². The van der Waals surface area contributed by atoms with Crippen molar-refractivity contribution in [1.29, 1.82) is 0 Å². The maximum atomic E-state index is 13.0. The minimum Gasteiger partial charge on any atom is -0.481 e. The zero-order chi connectivity index (χ0) is 18.4. The smallest absolute Gasteiger partial charge is 0.394 e. The first kappa shape index (κ1) is 17.1. The minimum absolute atomic E-state index is 0.316. The molecule has 1 fully saturated rings. The second-order valence-electron chi connectivity index (χ2n) is 5.84. The molecule has 134 valence electrons. The van der Waals surface area contributed by atoms with Crippen LogP contribution in [0.15, 0.2) is 22.6 Å². The Morgan fingerprint density at radius 2 is 2.08 bits per heavy atom. The number of carboxylic acids is 1. The van der Waals surface area contributed by atoms with Gasteiger partial charge in [0.2, 0.25) is 0 Å². The van der Waals surface area contributed by atoms with E-state index in [1.165, 1.54) is 12.1 Å². The van der Waals surface area contributed by atoms with Crippen LogP contribution >= 0.6 is 0 Å². The van der Waals surface area contributed by atoms with Crippen molar-refractivity contribution in [2.24, 2.45) is 11.8 Å². The van der Waals surface area contributed by atoms with E-state index in [1.54, 1.807) is 13.0 Å². The molecule has 1 saturated heterocycles. The second kappa shape index (κ2) is 5.94. The number of rotatable bonds is 2. The number of aryl methyl sites for hydroxylation is 1. The second-order valence-corrected chi connectivity index (χ2v) is 5.84. The van der Waals surface area contributed by atoms with Crippen LogP contribution in [0.25, 0.3) is 11.1 Å². The highest BCUT2D eigenvalue weighted by atomic mass is 19.4. The molecule has 0 radical (unpaired) electrons. The van der Waals surface area contributed by atoms with Gasteiger partial charge in [0.15, 0.2) is 11.5 Å². The van der Waals surface area contributed by atoms with Crippen molar-refractivity contribution in [3.8, 4) is 0 Å². The predicted octanol–water partition coefficient (Wildman–Crippen LogP) is 2.86. The molecule has 7 nitrogen and oxygen atoms in total. The van der Waals surface area contributed by atoms with Gasteiger partial charge in [0.05, 0.1) is 11.8 Å². The zero-order valence-electron chi connectivity index (χ0n) is 13.0. The molecule has 1 aromatic carbocycles. The van der Waals surface area contributed by atoms with Gasteiger partial charge >= 0.3 is 18.2 Å². The molecule has 0 aliphatic carbocycles. The fourth-order valence-corrected chi connectivity index (χ4v) is 2.87. The van der Waals surface area contributed by atoms with Crippen molar-refractivity contribution in [3.05, 3.63) is 24.1 Å². The van der Waals surface area contributed by atoms with Gasteiger partial charge < -0.3 is 19.7 Å². The molecule has 1 aliphatic heterocycles. The topological polar surface area (TPSA) is 95.7 Å². The van der Waals surface area contributed by atoms with E-state index in [0.717, 1.165) is 4.90 Å². The lowest BCUT2D eigenvalue weighted by molar-refractivity contribution is -0.187. The van der Waals surface area contributed by atoms with Crippen molar-refractivity contribution in [1.82, 2.24) is 9.88 Å². The number of nitrogens with one attached hydrogen (secondary N) is 1. The molecule has 2 heterocycles. The molecule has 2 amide bonds. The van der Waals surface area contributed by atoms with Gasteiger partial charge in [-0.2, -0.15) is 13.2 Å². The van der Waals surface area contributed by atoms with Crippen molar-refractivity contribution < 1.29 is 32.3 Å². The maximum Gasteiger partial charge on any atom is 0.394 e. The van der Waals surface area contributed by atoms with Crippen LogP contribution in [0.1, 0.15) is 5.89 Å². The first-order valence-corrected chi connectivity index (χ1v) is 7.38. The van der Waals surface area contributed by atoms with E-state index in [-0.39, 0.29) is 0 Å². The third kappa shape index (κ3) is 3.37. The normalized spacial score (nSPS) is 20.9. The molecule has 2 N–H and O–H groups in total. The van der Waals surface area contributed by atoms with Crippen molar-refractivity contribution in [3.63, 3.8) is 0 Å². The van der Waals surface area contributed by atoms with Crippen LogP contribution < -0.4 is 5.32 Å². The summed E-state index contributed by atoms with van der Waals surface area (Å²) in [4.78, 5) is 28.2. The molecule has 0 unspecified atom stereocenters. The Labute approximate surface area is 139 Å². The molecule has 1 aliphatic rings. The Kier molecular flexibility index (Phi) is 4.05. The molecule has 2 aromatic rings. The van der Waals surface area contributed by atoms with E-state index in [1.807, 2.05) is 0 Å². The van der Waals surface area contributed by atoms with Gasteiger partial charge in [-0.1, -0.05) is 0 Å². The number of aromatic nitrogens is 1. The van der Waals surface area contributed by atoms with E-state index < -0.39 is 43.1 Å². The number of halogens is 3. The third-order valence-electron chi connectivity index (χ3n) is 4.09. The number of anilines is 1. The zero-order valence-corrected chi connectivity index (χ0v) is 13.0. The molecule has 0 saturated carbocycles. The summed E-state index contributed by atoms with van der Waals surface area (Å²) in [5, 5.41) is 11.4. The number of hydrogen-bond donors (Lipinski definition) is 2. The minimum atomic E-state index is -4.69. The Morgan fingerprint density at radius 1 is 1.36 bits per heavy atom. The summed E-state index contributed by atoms with van der Waals surface area (Å²) in [5.41, 5.74) is 1.32. The van der Waals surface area contributed by atoms with Gasteiger partial charge in [-0.05, 0) is 12.1 Å². The molecule has 3 rings (SSSR count). The summed E-state index contributed by atoms with van der Waals surface area (Å²) >= 11 is 0. The summed E-state index contributed by atoms with van der Waals surface area (Å²) in [6.07, 6.45) is -4.69. The fraction of sp³-hybridized carbons (Fsp3) is 0.400. The summed E-state index contributed by atoms with van der Waals surface area (Å²) in [5.74, 6) is -4.90. The van der Waals surface area contributed by atoms with Gasteiger partial charge in [-0.25, -0.2) is 9.78 Å². The van der Waals surface area contributed by atoms with Crippen LogP contribution in [-0.2, 0) is 4.79 Å². The average Bonchev–Trinajstić information content (AvgIpc) is 3.09. The number of amides is 2. The average molecular weight is 357 g/mol. The van der Waals surface area contributed by atoms with Crippen molar-refractivity contribution in [2.75, 3.05) is 18.4 Å². The lowest BCUT2D eigenvalue weighted by Gasteiger charge is -2.18. The number of oxazole rings is 1. The van der Waals surface area contributed by atoms with Crippen LogP contribution in [0.5, 0.6) is 0 Å². The largest absolute Gasteiger partial charge is 0.481 e. The number of benzene rings is 1. The highest BCUT2D eigenvalue weighted by Crippen LogP contribution is 2.38. The van der Waals surface area contributed by atoms with Gasteiger partial charge in [-0.3, -0.25) is 4.79 Å². The van der Waals surface area contributed by atoms with Crippen LogP contribution in [0.3, 0.4) is 0 Å². The number of alkyl halides is 3. The van der Waals surface area contributed by atoms with E-state index in [4.69, 9.17) is 9.52 Å². The highest BCUT2D eigenvalue weighted by Gasteiger charge is 2.53. The van der Waals surface area contributed by atoms with Crippen LogP contribution in [-0.4, -0.2) is 46.3 Å². The van der Waals surface area contributed by atoms with Crippen LogP contribution in [0.2, 0.25) is 0 Å². The molecule has 0 bridgehead atoms. The SMILES string of the molecule is Cc1nc2ccc(NC(=O)N3C[C@@H](C(F)(F)F)[C@H](C(=O)O)C3)cc2o1. The summed E-state index contributed by atoms with van der Waals surface area (Å²) < 4.78 is 44.2. The number of hydrogen-bond acceptors (Lipinski definition) is 4. The number of fused-ring (bicyclic) bond motifs is 1. The number of nitrogens with zero attached hydrogens (tertiary/aromatic N) is 2. The molecule has 2 atom stereocenters. The predicted molar refractivity (Wildman–Crippen MR) is 80.0 cm³/mol. The summed E-state index contributed by atoms with van der Waals surface area (Å²) in [7, 11) is 0. The van der Waals surface area contributed by atoms with E-state index >= 15 is 0 Å². The van der Waals surface area contributed by atoms with Gasteiger partial charge in [0.1, 0.15) is 5.52 Å². The maximum absolute atomic E-state index is 13.0. The standard InChI is InChI=1S/C15H14F3N3O4/c1-7-19-11-3-2-8(4-12(11)25-7)20-14(24)21-5-9(13(22)23)10(6-21)15(16,17)18/h2-4,9-10H,5-6H2,1H3,(H,20,24)(H,22,23)/t9-,10-/m1/s1. The summed E-state index contributed by atoms with van der Waals surface area (Å²) in [6.45, 7) is 0.455. The molecular weight excluding hydrogens is 343 g/mol. The number of likely N-dealkylation sites (tertiary alicyclic amines) is 1. The number of carbonyl (C=O) groups is 2. The monoisotopic (exact) mass is 357 g/mol. The molecular formula is C15H14F3N3O4. The Bertz CT molecular complexity index is 833. The van der Waals surface area contributed by atoms with E-state index in [0.29, 0.717) is 22.7 Å². The molecule has 25 heavy (non-hydrogen) atoms. The fourth-order valence-electron chi connectivity index (χ4n) is 2.87. The highest BCUT2D eigenvalue weighted by molar-refractivity contribution is 5.92. The van der Waals surface area contributed by atoms with Crippen molar-refractivity contribution in [2.45, 2.75) is 13.1 Å². The summed E-state index contributed by atoms with van der Waals surface area (Å²) in [6, 6.07) is 3.84. The molecule has 10 heteroatoms. The van der Waals surface area contributed by atoms with Gasteiger partial charge in [0.25, 0.3) is 0 Å². The lowest BCUT2D eigenvalue weighted by Crippen LogP contribution is -2.35. The Morgan fingerprint density at radius 3 is 2.68 bits per heavy atom. The Balaban J connectivity index is 1.75. The van der Waals surface area contributed by atoms with Gasteiger partial charge in [-0.15, -0.1) is 0 Å². The van der Waals surface area contributed by atoms with Crippen LogP contribution in [0, 0.1) is 18.8 Å². The number of carboxylic acid groups (broad SMARTS) is 1. The first-order chi connectivity index (χ1) is 11.6. The lowest BCUT2D eigenvalue weighted by atomic mass is 9.96. The Hall–Kier alpha value is -2.78. The number of carbonyl (C=O) groups excluding carboxylic acids is 1. The third-order valence-corrected chi connectivity index (χ3v) is 4.09. The van der Waals surface area contributed by atoms with Crippen LogP contribution in [0.4, 0.5) is 23.7 Å². The number of aliphatic carboxylic acids is 1. The molecule has 0 spiro atoms. The number of urea groups is 1. The molecule has 1 aromatic heterocycles. The quantitative estimate of drug-likeness (QED) is 0.862.